The fraction of sp³-hybridized carbons (Fsp3) is 0.548. The van der Waals surface area contributed by atoms with Crippen molar-refractivity contribution in [3.8, 4) is 71.5 Å². The Kier molecular flexibility index (Phi) is 34.5. The van der Waals surface area contributed by atoms with Gasteiger partial charge in [0.05, 0.1) is 14.4 Å². The van der Waals surface area contributed by atoms with Crippen molar-refractivity contribution in [1.82, 2.24) is 0 Å². The molecule has 0 rings (SSSR count). The minimum atomic E-state index is -5.32. The first-order valence-electron chi connectivity index (χ1n) is 13.3. The van der Waals surface area contributed by atoms with Crippen LogP contribution in [0.2, 0.25) is 0 Å². The molecule has 0 bridgehead atoms. The van der Waals surface area contributed by atoms with Gasteiger partial charge in [0.15, 0.2) is 6.10 Å². The number of hydrogen-bond acceptors (Lipinski definition) is 8. The summed E-state index contributed by atoms with van der Waals surface area (Å²) >= 11 is 0. The van der Waals surface area contributed by atoms with Crippen LogP contribution in [-0.2, 0) is 28.2 Å². The van der Waals surface area contributed by atoms with Crippen LogP contribution in [0.15, 0.2) is 0 Å². The van der Waals surface area contributed by atoms with Gasteiger partial charge in [0.1, 0.15) is 6.61 Å². The largest absolute Gasteiger partial charge is 1.00 e. The number of terminal acetylenes is 1. The average Bonchev–Trinajstić information content (AvgIpc) is 2.91. The molecular formula is C31H35Na2O8P. The van der Waals surface area contributed by atoms with Crippen molar-refractivity contribution in [2.45, 2.75) is 96.5 Å². The summed E-state index contributed by atoms with van der Waals surface area (Å²) in [6.45, 7) is 0.872. The monoisotopic (exact) mass is 612 g/mol. The molecule has 0 N–H and O–H groups in total. The predicted octanol–water partition coefficient (Wildman–Crippen LogP) is -2.96. The molecule has 42 heavy (non-hydrogen) atoms. The molecule has 1 atom stereocenters. The maximum atomic E-state index is 12.1. The molecule has 0 heterocycles. The Labute approximate surface area is 295 Å². The number of hydrogen-bond donors (Lipinski definition) is 0. The third-order valence-electron chi connectivity index (χ3n) is 5.09. The van der Waals surface area contributed by atoms with Crippen molar-refractivity contribution in [3.63, 3.8) is 0 Å². The van der Waals surface area contributed by atoms with Gasteiger partial charge in [0.25, 0.3) is 0 Å². The minimum Gasteiger partial charge on any atom is -0.790 e. The van der Waals surface area contributed by atoms with Crippen LogP contribution in [0.3, 0.4) is 0 Å². The number of phosphoric acid groups is 1. The Morgan fingerprint density at radius 2 is 1.17 bits per heavy atom. The van der Waals surface area contributed by atoms with E-state index in [1.165, 1.54) is 51.4 Å². The number of esters is 2. The van der Waals surface area contributed by atoms with Crippen molar-refractivity contribution in [2.24, 2.45) is 0 Å². The summed E-state index contributed by atoms with van der Waals surface area (Å²) in [5.74, 6) is 23.5. The van der Waals surface area contributed by atoms with Gasteiger partial charge in [-0.2, -0.15) is 0 Å². The van der Waals surface area contributed by atoms with E-state index in [2.05, 4.69) is 76.6 Å². The second-order valence-corrected chi connectivity index (χ2v) is 9.64. The fourth-order valence-corrected chi connectivity index (χ4v) is 3.54. The smallest absolute Gasteiger partial charge is 0.790 e. The molecule has 0 aromatic rings. The van der Waals surface area contributed by atoms with E-state index in [4.69, 9.17) is 15.9 Å². The topological polar surface area (TPSA) is 125 Å². The first-order valence-corrected chi connectivity index (χ1v) is 14.7. The summed E-state index contributed by atoms with van der Waals surface area (Å²) in [5, 5.41) is 0. The molecule has 0 spiro atoms. The zero-order valence-electron chi connectivity index (χ0n) is 25.0. The Balaban J connectivity index is -0.00000760. The maximum absolute atomic E-state index is 12.1. The van der Waals surface area contributed by atoms with Gasteiger partial charge >= 0.3 is 71.1 Å². The van der Waals surface area contributed by atoms with E-state index in [0.29, 0.717) is 6.42 Å². The first kappa shape index (κ1) is 44.8. The molecule has 0 aromatic carbocycles. The Morgan fingerprint density at radius 3 is 1.64 bits per heavy atom. The van der Waals surface area contributed by atoms with Crippen LogP contribution in [-0.4, -0.2) is 31.3 Å². The molecule has 0 aliphatic rings. The Hall–Kier alpha value is -1.59. The number of carbonyl (C=O) groups is 2. The number of ether oxygens (including phenoxy) is 2. The van der Waals surface area contributed by atoms with Crippen LogP contribution in [0.5, 0.6) is 0 Å². The van der Waals surface area contributed by atoms with Crippen LogP contribution in [0, 0.1) is 71.5 Å². The summed E-state index contributed by atoms with van der Waals surface area (Å²) in [6.07, 6.45) is 17.4. The van der Waals surface area contributed by atoms with Crippen molar-refractivity contribution >= 4 is 19.8 Å². The van der Waals surface area contributed by atoms with Gasteiger partial charge in [-0.1, -0.05) is 77.6 Å². The molecule has 0 unspecified atom stereocenters. The molecule has 8 nitrogen and oxygen atoms in total. The zero-order chi connectivity index (χ0) is 29.7. The third kappa shape index (κ3) is 34.6. The normalized spacial score (nSPS) is 9.67. The van der Waals surface area contributed by atoms with E-state index >= 15 is 0 Å². The van der Waals surface area contributed by atoms with Crippen molar-refractivity contribution < 1.29 is 97.1 Å². The number of rotatable bonds is 19. The first-order chi connectivity index (χ1) is 19.3. The number of unbranched alkanes of at least 4 members (excludes halogenated alkanes) is 11. The van der Waals surface area contributed by atoms with Crippen molar-refractivity contribution in [3.05, 3.63) is 0 Å². The molecule has 0 aromatic heterocycles. The van der Waals surface area contributed by atoms with Crippen LogP contribution >= 0.6 is 7.82 Å². The van der Waals surface area contributed by atoms with Crippen LogP contribution in [0.25, 0.3) is 0 Å². The molecule has 0 aliphatic heterocycles. The maximum Gasteiger partial charge on any atom is 1.00 e. The van der Waals surface area contributed by atoms with Gasteiger partial charge < -0.3 is 28.3 Å². The van der Waals surface area contributed by atoms with Crippen molar-refractivity contribution in [1.29, 1.82) is 0 Å². The van der Waals surface area contributed by atoms with Crippen LogP contribution in [0.1, 0.15) is 90.4 Å². The minimum absolute atomic E-state index is 0. The summed E-state index contributed by atoms with van der Waals surface area (Å²) in [4.78, 5) is 45.5. The predicted molar refractivity (Wildman–Crippen MR) is 148 cm³/mol. The van der Waals surface area contributed by atoms with Gasteiger partial charge in [0, 0.05) is 12.3 Å². The van der Waals surface area contributed by atoms with E-state index in [9.17, 15) is 23.9 Å². The van der Waals surface area contributed by atoms with Crippen LogP contribution in [0.4, 0.5) is 0 Å². The summed E-state index contributed by atoms with van der Waals surface area (Å²) in [5.41, 5.74) is 0. The number of carbonyl (C=O) groups excluding carboxylic acids is 2. The van der Waals surface area contributed by atoms with E-state index in [1.54, 1.807) is 0 Å². The summed E-state index contributed by atoms with van der Waals surface area (Å²) in [6, 6.07) is 0. The molecule has 0 radical (unpaired) electrons. The Morgan fingerprint density at radius 1 is 0.714 bits per heavy atom. The van der Waals surface area contributed by atoms with E-state index < -0.39 is 39.1 Å². The van der Waals surface area contributed by atoms with Gasteiger partial charge in [-0.3, -0.25) is 4.79 Å². The fourth-order valence-electron chi connectivity index (χ4n) is 3.19. The molecule has 214 valence electrons. The molecule has 0 saturated heterocycles. The van der Waals surface area contributed by atoms with Gasteiger partial charge in [-0.25, -0.2) is 4.79 Å². The van der Waals surface area contributed by atoms with Gasteiger partial charge in [0.2, 0.25) is 0 Å². The molecule has 0 aliphatic carbocycles. The average molecular weight is 613 g/mol. The van der Waals surface area contributed by atoms with Crippen LogP contribution < -0.4 is 68.9 Å². The standard InChI is InChI=1S/C31H37O8P.2Na/c1-3-5-7-9-11-13-15-16-18-20-22-24-26-31(33)39-29(28-38-40(34,35)36)27-37-30(32)25-23-21-19-17-14-12-10-8-6-4-2;;/h2,29H,3,5,7,9,11,13,15-16,18,20,22,24,26-28H2,1H3,(H2,34,35,36);;/q;2*+1/p-2/t29-;;/m0../s1. The molecule has 0 amide bonds. The molecular weight excluding hydrogens is 577 g/mol. The van der Waals surface area contributed by atoms with E-state index in [1.807, 2.05) is 0 Å². The number of phosphoric ester groups is 1. The zero-order valence-corrected chi connectivity index (χ0v) is 29.9. The molecule has 11 heteroatoms. The second kappa shape index (κ2) is 32.3. The van der Waals surface area contributed by atoms with Crippen molar-refractivity contribution in [2.75, 3.05) is 13.2 Å². The quantitative estimate of drug-likeness (QED) is 0.0379. The molecule has 0 saturated carbocycles. The Bertz CT molecular complexity index is 1180. The summed E-state index contributed by atoms with van der Waals surface area (Å²) < 4.78 is 25.0. The van der Waals surface area contributed by atoms with E-state index in [0.717, 1.165) is 19.3 Å². The third-order valence-corrected chi connectivity index (χ3v) is 5.55. The second-order valence-electron chi connectivity index (χ2n) is 8.49. The molecule has 0 fully saturated rings. The van der Waals surface area contributed by atoms with E-state index in [-0.39, 0.29) is 65.5 Å². The SMILES string of the molecule is C#CC#CC#CC#CC#CC#CC(=O)OC[C@@H](COP(=O)([O-])[O-])OC(=O)CCCCCCCCCCCCCC.[Na+].[Na+]. The van der Waals surface area contributed by atoms with Gasteiger partial charge in [-0.15, -0.1) is 6.42 Å². The summed E-state index contributed by atoms with van der Waals surface area (Å²) in [7, 11) is -5.32. The van der Waals surface area contributed by atoms with Gasteiger partial charge in [-0.05, 0) is 65.6 Å².